The van der Waals surface area contributed by atoms with Crippen molar-refractivity contribution in [2.75, 3.05) is 13.2 Å². The fourth-order valence-corrected chi connectivity index (χ4v) is 4.06. The summed E-state index contributed by atoms with van der Waals surface area (Å²) in [6.07, 6.45) is 2.20. The van der Waals surface area contributed by atoms with Gasteiger partial charge in [0.05, 0.1) is 11.4 Å². The Morgan fingerprint density at radius 3 is 2.48 bits per heavy atom. The lowest BCUT2D eigenvalue weighted by molar-refractivity contribution is -0.120. The van der Waals surface area contributed by atoms with Crippen LogP contribution in [0, 0.1) is 0 Å². The first kappa shape index (κ1) is 19.7. The highest BCUT2D eigenvalue weighted by Crippen LogP contribution is 2.36. The molecule has 0 radical (unpaired) electrons. The molecule has 4 rings (SSSR count). The number of amides is 1. The van der Waals surface area contributed by atoms with Crippen LogP contribution in [0.5, 0.6) is 0 Å². The van der Waals surface area contributed by atoms with Crippen molar-refractivity contribution < 1.29 is 13.9 Å². The Labute approximate surface area is 174 Å². The number of carbonyl (C=O) groups excluding carboxylic acids is 1. The molecule has 0 unspecified atom stereocenters. The fraction of sp³-hybridized carbons (Fsp3) is 0.304. The third-order valence-corrected chi connectivity index (χ3v) is 5.81. The van der Waals surface area contributed by atoms with Crippen molar-refractivity contribution in [1.82, 2.24) is 10.3 Å². The number of rotatable bonds is 7. The molecule has 2 heterocycles. The number of ether oxygens (including phenoxy) is 1. The van der Waals surface area contributed by atoms with Crippen LogP contribution in [-0.2, 0) is 9.53 Å². The number of hydrogen-bond acceptors (Lipinski definition) is 5. The van der Waals surface area contributed by atoms with Gasteiger partial charge in [0.25, 0.3) is 5.22 Å². The van der Waals surface area contributed by atoms with Gasteiger partial charge in [0.1, 0.15) is 5.69 Å². The molecule has 1 aliphatic rings. The van der Waals surface area contributed by atoms with Crippen molar-refractivity contribution in [3.8, 4) is 22.6 Å². The highest BCUT2D eigenvalue weighted by molar-refractivity contribution is 8.00. The molecule has 0 spiro atoms. The average molecular weight is 409 g/mol. The van der Waals surface area contributed by atoms with Gasteiger partial charge in [-0.05, 0) is 19.8 Å². The standard InChI is InChI=1S/C23H24N2O3S/c1-16(22(26)24-15-19-13-8-14-27-19)29-23-25-20(17-9-4-2-5-10-17)21(28-23)18-11-6-3-7-12-18/h2-7,9-12,16,19H,8,13-15H2,1H3,(H,24,26)/t16-,19+/m0/s1. The Kier molecular flexibility index (Phi) is 6.32. The monoisotopic (exact) mass is 408 g/mol. The van der Waals surface area contributed by atoms with Crippen LogP contribution in [0.2, 0.25) is 0 Å². The molecule has 1 saturated heterocycles. The zero-order valence-electron chi connectivity index (χ0n) is 16.3. The third-order valence-electron chi connectivity index (χ3n) is 4.87. The average Bonchev–Trinajstić information content (AvgIpc) is 3.43. The van der Waals surface area contributed by atoms with Crippen LogP contribution in [0.3, 0.4) is 0 Å². The maximum absolute atomic E-state index is 12.5. The Balaban J connectivity index is 1.51. The second-order valence-corrected chi connectivity index (χ2v) is 8.32. The summed E-state index contributed by atoms with van der Waals surface area (Å²) >= 11 is 1.33. The van der Waals surface area contributed by atoms with Gasteiger partial charge in [0.15, 0.2) is 5.76 Å². The Bertz CT molecular complexity index is 880. The molecular weight excluding hydrogens is 384 g/mol. The van der Waals surface area contributed by atoms with Gasteiger partial charge in [0, 0.05) is 24.3 Å². The predicted octanol–water partition coefficient (Wildman–Crippen LogP) is 4.78. The van der Waals surface area contributed by atoms with Gasteiger partial charge < -0.3 is 14.5 Å². The molecule has 1 N–H and O–H groups in total. The molecule has 2 aromatic carbocycles. The zero-order valence-corrected chi connectivity index (χ0v) is 17.2. The van der Waals surface area contributed by atoms with Crippen molar-refractivity contribution in [2.45, 2.75) is 36.3 Å². The van der Waals surface area contributed by atoms with Crippen LogP contribution in [0.25, 0.3) is 22.6 Å². The number of carbonyl (C=O) groups is 1. The maximum atomic E-state index is 12.5. The van der Waals surface area contributed by atoms with Gasteiger partial charge in [-0.15, -0.1) is 0 Å². The van der Waals surface area contributed by atoms with Crippen LogP contribution in [0.1, 0.15) is 19.8 Å². The summed E-state index contributed by atoms with van der Waals surface area (Å²) in [4.78, 5) is 17.2. The normalized spacial score (nSPS) is 17.2. The van der Waals surface area contributed by atoms with Crippen molar-refractivity contribution >= 4 is 17.7 Å². The van der Waals surface area contributed by atoms with Crippen molar-refractivity contribution in [3.05, 3.63) is 60.7 Å². The molecule has 1 aliphatic heterocycles. The van der Waals surface area contributed by atoms with Gasteiger partial charge in [0.2, 0.25) is 5.91 Å². The van der Waals surface area contributed by atoms with Gasteiger partial charge in [-0.3, -0.25) is 4.79 Å². The Morgan fingerprint density at radius 1 is 1.14 bits per heavy atom. The van der Waals surface area contributed by atoms with E-state index in [4.69, 9.17) is 14.1 Å². The first-order chi connectivity index (χ1) is 14.2. The molecular formula is C23H24N2O3S. The lowest BCUT2D eigenvalue weighted by atomic mass is 10.1. The minimum atomic E-state index is -0.317. The van der Waals surface area contributed by atoms with Crippen molar-refractivity contribution in [2.24, 2.45) is 0 Å². The molecule has 1 amide bonds. The number of hydrogen-bond donors (Lipinski definition) is 1. The zero-order chi connectivity index (χ0) is 20.1. The smallest absolute Gasteiger partial charge is 0.257 e. The molecule has 2 atom stereocenters. The van der Waals surface area contributed by atoms with E-state index in [1.807, 2.05) is 67.6 Å². The molecule has 0 saturated carbocycles. The molecule has 1 aromatic heterocycles. The Morgan fingerprint density at radius 2 is 1.83 bits per heavy atom. The summed E-state index contributed by atoms with van der Waals surface area (Å²) in [6, 6.07) is 19.9. The fourth-order valence-electron chi connectivity index (χ4n) is 3.30. The number of thioether (sulfide) groups is 1. The predicted molar refractivity (Wildman–Crippen MR) is 115 cm³/mol. The summed E-state index contributed by atoms with van der Waals surface area (Å²) in [7, 11) is 0. The third kappa shape index (κ3) is 4.89. The molecule has 1 fully saturated rings. The van der Waals surface area contributed by atoms with Crippen LogP contribution in [0.15, 0.2) is 70.3 Å². The van der Waals surface area contributed by atoms with Crippen LogP contribution < -0.4 is 5.32 Å². The first-order valence-electron chi connectivity index (χ1n) is 9.88. The maximum Gasteiger partial charge on any atom is 0.257 e. The summed E-state index contributed by atoms with van der Waals surface area (Å²) in [5.41, 5.74) is 2.73. The van der Waals surface area contributed by atoms with Gasteiger partial charge in [-0.1, -0.05) is 72.4 Å². The van der Waals surface area contributed by atoms with E-state index >= 15 is 0 Å². The minimum absolute atomic E-state index is 0.0359. The van der Waals surface area contributed by atoms with E-state index in [0.717, 1.165) is 36.3 Å². The van der Waals surface area contributed by atoms with E-state index in [1.165, 1.54) is 11.8 Å². The highest BCUT2D eigenvalue weighted by Gasteiger charge is 2.23. The molecule has 29 heavy (non-hydrogen) atoms. The van der Waals surface area contributed by atoms with E-state index < -0.39 is 0 Å². The Hall–Kier alpha value is -2.57. The molecule has 5 nitrogen and oxygen atoms in total. The van der Waals surface area contributed by atoms with E-state index in [2.05, 4.69) is 5.32 Å². The number of aromatic nitrogens is 1. The second-order valence-electron chi connectivity index (χ2n) is 7.03. The van der Waals surface area contributed by atoms with Gasteiger partial charge >= 0.3 is 0 Å². The van der Waals surface area contributed by atoms with E-state index in [1.54, 1.807) is 0 Å². The highest BCUT2D eigenvalue weighted by atomic mass is 32.2. The van der Waals surface area contributed by atoms with Gasteiger partial charge in [-0.25, -0.2) is 4.98 Å². The lowest BCUT2D eigenvalue weighted by Gasteiger charge is -2.13. The summed E-state index contributed by atoms with van der Waals surface area (Å²) in [6.45, 7) is 3.20. The molecule has 0 aliphatic carbocycles. The summed E-state index contributed by atoms with van der Waals surface area (Å²) in [5.74, 6) is 0.678. The van der Waals surface area contributed by atoms with Crippen LogP contribution in [0.4, 0.5) is 0 Å². The first-order valence-corrected chi connectivity index (χ1v) is 10.8. The number of nitrogens with zero attached hydrogens (tertiary/aromatic N) is 1. The van der Waals surface area contributed by atoms with Crippen molar-refractivity contribution in [3.63, 3.8) is 0 Å². The largest absolute Gasteiger partial charge is 0.431 e. The van der Waals surface area contributed by atoms with Crippen LogP contribution >= 0.6 is 11.8 Å². The number of oxazole rings is 1. The van der Waals surface area contributed by atoms with Gasteiger partial charge in [-0.2, -0.15) is 0 Å². The molecule has 150 valence electrons. The lowest BCUT2D eigenvalue weighted by Crippen LogP contribution is -2.36. The van der Waals surface area contributed by atoms with Crippen LogP contribution in [-0.4, -0.2) is 35.4 Å². The molecule has 0 bridgehead atoms. The molecule has 6 heteroatoms. The van der Waals surface area contributed by atoms with E-state index in [-0.39, 0.29) is 17.3 Å². The molecule has 3 aromatic rings. The number of benzene rings is 2. The number of nitrogens with one attached hydrogen (secondary N) is 1. The minimum Gasteiger partial charge on any atom is -0.431 e. The topological polar surface area (TPSA) is 64.4 Å². The second kappa shape index (κ2) is 9.29. The van der Waals surface area contributed by atoms with E-state index in [9.17, 15) is 4.79 Å². The quantitative estimate of drug-likeness (QED) is 0.570. The van der Waals surface area contributed by atoms with Crippen molar-refractivity contribution in [1.29, 1.82) is 0 Å². The summed E-state index contributed by atoms with van der Waals surface area (Å²) < 4.78 is 11.7. The van der Waals surface area contributed by atoms with E-state index in [0.29, 0.717) is 17.5 Å². The summed E-state index contributed by atoms with van der Waals surface area (Å²) in [5, 5.41) is 3.15. The SMILES string of the molecule is C[C@H](Sc1nc(-c2ccccc2)c(-c2ccccc2)o1)C(=O)NC[C@H]1CCCO1.